The molecule has 1 saturated carbocycles. The summed E-state index contributed by atoms with van der Waals surface area (Å²) in [5.41, 5.74) is 0. The molecule has 2 amide bonds. The number of carboxylic acids is 1. The van der Waals surface area contributed by atoms with Crippen LogP contribution in [0.15, 0.2) is 0 Å². The highest BCUT2D eigenvalue weighted by Gasteiger charge is 2.21. The van der Waals surface area contributed by atoms with Crippen molar-refractivity contribution in [2.45, 2.75) is 58.4 Å². The summed E-state index contributed by atoms with van der Waals surface area (Å²) >= 11 is 0. The summed E-state index contributed by atoms with van der Waals surface area (Å²) in [6.07, 6.45) is 6.56. The van der Waals surface area contributed by atoms with Crippen LogP contribution in [-0.2, 0) is 4.79 Å². The Morgan fingerprint density at radius 3 is 2.42 bits per heavy atom. The summed E-state index contributed by atoms with van der Waals surface area (Å²) in [7, 11) is 0. The predicted octanol–water partition coefficient (Wildman–Crippen LogP) is 2.37. The lowest BCUT2D eigenvalue weighted by Gasteiger charge is -2.17. The van der Waals surface area contributed by atoms with Crippen molar-refractivity contribution in [3.8, 4) is 0 Å². The van der Waals surface area contributed by atoms with Crippen molar-refractivity contribution in [1.82, 2.24) is 10.6 Å². The smallest absolute Gasteiger partial charge is 0.326 e. The van der Waals surface area contributed by atoms with Crippen molar-refractivity contribution in [3.05, 3.63) is 0 Å². The van der Waals surface area contributed by atoms with E-state index in [-0.39, 0.29) is 11.9 Å². The summed E-state index contributed by atoms with van der Waals surface area (Å²) in [6.45, 7) is 4.51. The van der Waals surface area contributed by atoms with Crippen LogP contribution in [0.4, 0.5) is 4.79 Å². The minimum Gasteiger partial charge on any atom is -0.480 e. The number of carbonyl (C=O) groups excluding carboxylic acids is 1. The molecule has 1 atom stereocenters. The van der Waals surface area contributed by atoms with E-state index in [1.165, 1.54) is 25.7 Å². The van der Waals surface area contributed by atoms with E-state index in [9.17, 15) is 9.59 Å². The maximum atomic E-state index is 11.6. The molecular formula is C14H26N2O3. The van der Waals surface area contributed by atoms with Gasteiger partial charge < -0.3 is 15.7 Å². The molecule has 0 bridgehead atoms. The average molecular weight is 270 g/mol. The normalized spacial score (nSPS) is 17.4. The van der Waals surface area contributed by atoms with Crippen molar-refractivity contribution < 1.29 is 14.7 Å². The lowest BCUT2D eigenvalue weighted by atomic mass is 10.0. The second-order valence-electron chi connectivity index (χ2n) is 5.86. The second-order valence-corrected chi connectivity index (χ2v) is 5.86. The first-order valence-electron chi connectivity index (χ1n) is 7.26. The van der Waals surface area contributed by atoms with Crippen molar-refractivity contribution in [2.75, 3.05) is 6.54 Å². The Bertz CT molecular complexity index is 299. The van der Waals surface area contributed by atoms with Crippen LogP contribution in [0.1, 0.15) is 52.4 Å². The first kappa shape index (κ1) is 15.8. The molecule has 0 heterocycles. The monoisotopic (exact) mass is 270 g/mol. The predicted molar refractivity (Wildman–Crippen MR) is 74.0 cm³/mol. The molecule has 5 heteroatoms. The highest BCUT2D eigenvalue weighted by atomic mass is 16.4. The van der Waals surface area contributed by atoms with E-state index in [0.29, 0.717) is 13.0 Å². The molecule has 0 spiro atoms. The standard InChI is InChI=1S/C14H26N2O3/c1-10(2)9-12(13(17)18)16-14(19)15-8-7-11-5-3-4-6-11/h10-12H,3-9H2,1-2H3,(H,17,18)(H2,15,16,19). The van der Waals surface area contributed by atoms with Crippen LogP contribution in [0.3, 0.4) is 0 Å². The Balaban J connectivity index is 2.21. The minimum absolute atomic E-state index is 0.236. The lowest BCUT2D eigenvalue weighted by Crippen LogP contribution is -2.46. The molecule has 5 nitrogen and oxygen atoms in total. The van der Waals surface area contributed by atoms with Gasteiger partial charge in [0.25, 0.3) is 0 Å². The van der Waals surface area contributed by atoms with E-state index in [4.69, 9.17) is 5.11 Å². The zero-order valence-electron chi connectivity index (χ0n) is 11.9. The van der Waals surface area contributed by atoms with E-state index in [0.717, 1.165) is 12.3 Å². The minimum atomic E-state index is -0.973. The zero-order chi connectivity index (χ0) is 14.3. The Hall–Kier alpha value is -1.26. The Morgan fingerprint density at radius 2 is 1.89 bits per heavy atom. The highest BCUT2D eigenvalue weighted by Crippen LogP contribution is 2.26. The molecular weight excluding hydrogens is 244 g/mol. The van der Waals surface area contributed by atoms with Crippen LogP contribution in [-0.4, -0.2) is 29.7 Å². The number of hydrogen-bond acceptors (Lipinski definition) is 2. The number of hydrogen-bond donors (Lipinski definition) is 3. The highest BCUT2D eigenvalue weighted by molar-refractivity contribution is 5.82. The molecule has 0 radical (unpaired) electrons. The van der Waals surface area contributed by atoms with Gasteiger partial charge in [-0.15, -0.1) is 0 Å². The third-order valence-corrected chi connectivity index (χ3v) is 3.62. The molecule has 0 aromatic heterocycles. The molecule has 1 aliphatic rings. The van der Waals surface area contributed by atoms with Gasteiger partial charge in [-0.05, 0) is 24.7 Å². The van der Waals surface area contributed by atoms with Crippen LogP contribution < -0.4 is 10.6 Å². The molecule has 110 valence electrons. The topological polar surface area (TPSA) is 78.4 Å². The van der Waals surface area contributed by atoms with Crippen LogP contribution in [0.25, 0.3) is 0 Å². The fourth-order valence-corrected chi connectivity index (χ4v) is 2.59. The number of carboxylic acid groups (broad SMARTS) is 1. The van der Waals surface area contributed by atoms with Crippen LogP contribution in [0.5, 0.6) is 0 Å². The van der Waals surface area contributed by atoms with E-state index in [1.807, 2.05) is 13.8 Å². The van der Waals surface area contributed by atoms with Gasteiger partial charge in [0, 0.05) is 6.54 Å². The Kier molecular flexibility index (Phi) is 6.67. The molecule has 0 aliphatic heterocycles. The molecule has 1 fully saturated rings. The Morgan fingerprint density at radius 1 is 1.26 bits per heavy atom. The van der Waals surface area contributed by atoms with Crippen molar-refractivity contribution in [1.29, 1.82) is 0 Å². The molecule has 0 saturated heterocycles. The number of urea groups is 1. The van der Waals surface area contributed by atoms with Gasteiger partial charge in [-0.25, -0.2) is 9.59 Å². The van der Waals surface area contributed by atoms with Crippen LogP contribution >= 0.6 is 0 Å². The molecule has 3 N–H and O–H groups in total. The molecule has 1 aliphatic carbocycles. The summed E-state index contributed by atoms with van der Waals surface area (Å²) < 4.78 is 0. The number of rotatable bonds is 7. The van der Waals surface area contributed by atoms with Gasteiger partial charge in [-0.1, -0.05) is 39.5 Å². The SMILES string of the molecule is CC(C)CC(NC(=O)NCCC1CCCC1)C(=O)O. The molecule has 0 aromatic rings. The second kappa shape index (κ2) is 8.02. The Labute approximate surface area is 115 Å². The molecule has 1 rings (SSSR count). The van der Waals surface area contributed by atoms with Gasteiger partial charge in [-0.2, -0.15) is 0 Å². The molecule has 1 unspecified atom stereocenters. The van der Waals surface area contributed by atoms with Gasteiger partial charge in [0.15, 0.2) is 0 Å². The fraction of sp³-hybridized carbons (Fsp3) is 0.857. The van der Waals surface area contributed by atoms with Crippen LogP contribution in [0, 0.1) is 11.8 Å². The van der Waals surface area contributed by atoms with Gasteiger partial charge in [-0.3, -0.25) is 0 Å². The number of amides is 2. The van der Waals surface area contributed by atoms with Gasteiger partial charge >= 0.3 is 12.0 Å². The van der Waals surface area contributed by atoms with Crippen molar-refractivity contribution in [3.63, 3.8) is 0 Å². The van der Waals surface area contributed by atoms with Crippen LogP contribution in [0.2, 0.25) is 0 Å². The first-order chi connectivity index (χ1) is 8.99. The largest absolute Gasteiger partial charge is 0.480 e. The maximum Gasteiger partial charge on any atom is 0.326 e. The van der Waals surface area contributed by atoms with Gasteiger partial charge in [0.2, 0.25) is 0 Å². The van der Waals surface area contributed by atoms with E-state index < -0.39 is 12.0 Å². The summed E-state index contributed by atoms with van der Waals surface area (Å²) in [6, 6.07) is -1.17. The average Bonchev–Trinajstić information content (AvgIpc) is 2.80. The quantitative estimate of drug-likeness (QED) is 0.664. The first-order valence-corrected chi connectivity index (χ1v) is 7.26. The van der Waals surface area contributed by atoms with Crippen molar-refractivity contribution in [2.24, 2.45) is 11.8 Å². The van der Waals surface area contributed by atoms with Gasteiger partial charge in [0.05, 0.1) is 0 Å². The van der Waals surface area contributed by atoms with E-state index >= 15 is 0 Å². The summed E-state index contributed by atoms with van der Waals surface area (Å²) in [5, 5.41) is 14.3. The van der Waals surface area contributed by atoms with Gasteiger partial charge in [0.1, 0.15) is 6.04 Å². The van der Waals surface area contributed by atoms with E-state index in [1.54, 1.807) is 0 Å². The molecule has 0 aromatic carbocycles. The zero-order valence-corrected chi connectivity index (χ0v) is 11.9. The summed E-state index contributed by atoms with van der Waals surface area (Å²) in [4.78, 5) is 22.6. The fourth-order valence-electron chi connectivity index (χ4n) is 2.59. The molecule has 19 heavy (non-hydrogen) atoms. The lowest BCUT2D eigenvalue weighted by molar-refractivity contribution is -0.139. The third kappa shape index (κ3) is 6.45. The number of carbonyl (C=O) groups is 2. The third-order valence-electron chi connectivity index (χ3n) is 3.62. The maximum absolute atomic E-state index is 11.6. The summed E-state index contributed by atoms with van der Waals surface area (Å²) in [5.74, 6) is -0.00855. The van der Waals surface area contributed by atoms with Crippen molar-refractivity contribution >= 4 is 12.0 Å². The number of aliphatic carboxylic acids is 1. The van der Waals surface area contributed by atoms with E-state index in [2.05, 4.69) is 10.6 Å². The number of nitrogens with one attached hydrogen (secondary N) is 2.